The Morgan fingerprint density at radius 3 is 2.54 bits per heavy atom. The molecular weight excluding hydrogens is 322 g/mol. The normalized spacial score (nSPS) is 17.2. The monoisotopic (exact) mass is 343 g/mol. The first kappa shape index (κ1) is 16.7. The van der Waals surface area contributed by atoms with Crippen molar-refractivity contribution in [3.8, 4) is 6.07 Å². The third kappa shape index (κ3) is 2.94. The fraction of sp³-hybridized carbons (Fsp3) is 0.529. The van der Waals surface area contributed by atoms with Crippen LogP contribution in [0.1, 0.15) is 59.7 Å². The van der Waals surface area contributed by atoms with Crippen LogP contribution < -0.4 is 11.1 Å². The minimum absolute atomic E-state index is 0.281. The number of hydrogen-bond acceptors (Lipinski definition) is 6. The summed E-state index contributed by atoms with van der Waals surface area (Å²) in [4.78, 5) is 22.6. The number of nitrogen functional groups attached to an aromatic ring is 1. The molecule has 0 aromatic carbocycles. The van der Waals surface area contributed by atoms with Crippen molar-refractivity contribution in [2.75, 3.05) is 5.73 Å². The number of rotatable bonds is 2. The maximum absolute atomic E-state index is 12.8. The van der Waals surface area contributed by atoms with Crippen LogP contribution in [0, 0.1) is 25.2 Å². The van der Waals surface area contributed by atoms with Gasteiger partial charge in [-0.05, 0) is 26.7 Å². The van der Waals surface area contributed by atoms with Crippen LogP contribution in [0.25, 0.3) is 10.2 Å². The highest BCUT2D eigenvalue weighted by Gasteiger charge is 2.34. The largest absolute Gasteiger partial charge is 0.397 e. The van der Waals surface area contributed by atoms with Gasteiger partial charge in [0.15, 0.2) is 0 Å². The van der Waals surface area contributed by atoms with Crippen LogP contribution in [0.4, 0.5) is 5.69 Å². The summed E-state index contributed by atoms with van der Waals surface area (Å²) in [5.74, 6) is 0.376. The SMILES string of the molecule is Cc1nc(C)c2c(N)c(C(=O)NC3(C#N)CCCCCC3)sc2n1. The molecule has 6 nitrogen and oxygen atoms in total. The molecule has 1 fully saturated rings. The Kier molecular flexibility index (Phi) is 4.41. The number of anilines is 1. The number of nitrogens with two attached hydrogens (primary N) is 1. The first-order valence-electron chi connectivity index (χ1n) is 8.23. The maximum Gasteiger partial charge on any atom is 0.264 e. The Hall–Kier alpha value is -2.20. The van der Waals surface area contributed by atoms with Gasteiger partial charge in [0.25, 0.3) is 5.91 Å². The van der Waals surface area contributed by atoms with E-state index in [9.17, 15) is 10.1 Å². The number of thiophene rings is 1. The summed E-state index contributed by atoms with van der Waals surface area (Å²) in [5.41, 5.74) is 6.60. The van der Waals surface area contributed by atoms with Gasteiger partial charge in [-0.2, -0.15) is 5.26 Å². The van der Waals surface area contributed by atoms with Gasteiger partial charge in [0.2, 0.25) is 0 Å². The summed E-state index contributed by atoms with van der Waals surface area (Å²) in [5, 5.41) is 13.3. The molecule has 0 bridgehead atoms. The number of nitriles is 1. The minimum atomic E-state index is -0.785. The number of fused-ring (bicyclic) bond motifs is 1. The Bertz CT molecular complexity index is 828. The van der Waals surface area contributed by atoms with Crippen LogP contribution >= 0.6 is 11.3 Å². The molecule has 2 aromatic heterocycles. The molecule has 0 radical (unpaired) electrons. The van der Waals surface area contributed by atoms with E-state index in [0.29, 0.717) is 29.2 Å². The Labute approximate surface area is 145 Å². The fourth-order valence-electron chi connectivity index (χ4n) is 3.37. The van der Waals surface area contributed by atoms with E-state index in [-0.39, 0.29) is 5.91 Å². The Balaban J connectivity index is 1.95. The summed E-state index contributed by atoms with van der Waals surface area (Å²) < 4.78 is 0. The van der Waals surface area contributed by atoms with Gasteiger partial charge in [0.05, 0.1) is 22.8 Å². The standard InChI is InChI=1S/C17H21N5OS/c1-10-12-13(19)14(24-16(12)21-11(2)20-10)15(23)22-17(9-18)7-5-3-4-6-8-17/h3-8,19H2,1-2H3,(H,22,23). The van der Waals surface area contributed by atoms with Gasteiger partial charge >= 0.3 is 0 Å². The lowest BCUT2D eigenvalue weighted by molar-refractivity contribution is 0.0918. The van der Waals surface area contributed by atoms with Crippen LogP contribution in [0.5, 0.6) is 0 Å². The lowest BCUT2D eigenvalue weighted by atomic mass is 9.92. The molecule has 1 amide bonds. The zero-order valence-electron chi connectivity index (χ0n) is 14.0. The molecule has 3 rings (SSSR count). The maximum atomic E-state index is 12.8. The average Bonchev–Trinajstić information content (AvgIpc) is 2.71. The van der Waals surface area contributed by atoms with Gasteiger partial charge in [-0.25, -0.2) is 9.97 Å². The fourth-order valence-corrected chi connectivity index (χ4v) is 4.46. The zero-order chi connectivity index (χ0) is 17.3. The third-order valence-corrected chi connectivity index (χ3v) is 5.71. The van der Waals surface area contributed by atoms with Crippen molar-refractivity contribution in [3.63, 3.8) is 0 Å². The Morgan fingerprint density at radius 1 is 1.25 bits per heavy atom. The molecule has 1 aliphatic rings. The van der Waals surface area contributed by atoms with Crippen LogP contribution in [-0.4, -0.2) is 21.4 Å². The topological polar surface area (TPSA) is 105 Å². The highest BCUT2D eigenvalue weighted by atomic mass is 32.1. The second-order valence-corrected chi connectivity index (χ2v) is 7.44. The summed E-state index contributed by atoms with van der Waals surface area (Å²) in [6.45, 7) is 3.68. The molecule has 3 N–H and O–H groups in total. The lowest BCUT2D eigenvalue weighted by Crippen LogP contribution is -2.46. The highest BCUT2D eigenvalue weighted by Crippen LogP contribution is 2.35. The van der Waals surface area contributed by atoms with Gasteiger partial charge in [0.1, 0.15) is 21.1 Å². The minimum Gasteiger partial charge on any atom is -0.397 e. The van der Waals surface area contributed by atoms with Crippen LogP contribution in [0.3, 0.4) is 0 Å². The van der Waals surface area contributed by atoms with Gasteiger partial charge in [-0.3, -0.25) is 4.79 Å². The second kappa shape index (κ2) is 6.36. The molecule has 24 heavy (non-hydrogen) atoms. The number of amides is 1. The molecule has 126 valence electrons. The third-order valence-electron chi connectivity index (χ3n) is 4.61. The number of aryl methyl sites for hydroxylation is 2. The number of carbonyl (C=O) groups is 1. The van der Waals surface area contributed by atoms with Crippen molar-refractivity contribution in [3.05, 3.63) is 16.4 Å². The predicted molar refractivity (Wildman–Crippen MR) is 94.8 cm³/mol. The summed E-state index contributed by atoms with van der Waals surface area (Å²) in [6.07, 6.45) is 5.52. The molecule has 2 heterocycles. The summed E-state index contributed by atoms with van der Waals surface area (Å²) in [7, 11) is 0. The predicted octanol–water partition coefficient (Wildman–Crippen LogP) is 3.24. The molecule has 2 aromatic rings. The van der Waals surface area contributed by atoms with Crippen LogP contribution in [0.2, 0.25) is 0 Å². The molecule has 0 unspecified atom stereocenters. The van der Waals surface area contributed by atoms with Crippen LogP contribution in [-0.2, 0) is 0 Å². The number of nitrogens with one attached hydrogen (secondary N) is 1. The highest BCUT2D eigenvalue weighted by molar-refractivity contribution is 7.21. The van der Waals surface area contributed by atoms with E-state index in [1.165, 1.54) is 11.3 Å². The summed E-state index contributed by atoms with van der Waals surface area (Å²) >= 11 is 1.27. The van der Waals surface area contributed by atoms with Gasteiger partial charge in [0, 0.05) is 0 Å². The first-order valence-corrected chi connectivity index (χ1v) is 9.04. The van der Waals surface area contributed by atoms with Crippen molar-refractivity contribution in [1.29, 1.82) is 5.26 Å². The van der Waals surface area contributed by atoms with Crippen molar-refractivity contribution in [2.24, 2.45) is 0 Å². The zero-order valence-corrected chi connectivity index (χ0v) is 14.8. The number of nitrogens with zero attached hydrogens (tertiary/aromatic N) is 3. The molecule has 1 aliphatic carbocycles. The molecular formula is C17H21N5OS. The van der Waals surface area contributed by atoms with Crippen molar-refractivity contribution in [1.82, 2.24) is 15.3 Å². The Morgan fingerprint density at radius 2 is 1.92 bits per heavy atom. The molecule has 1 saturated carbocycles. The number of hydrogen-bond donors (Lipinski definition) is 2. The smallest absolute Gasteiger partial charge is 0.264 e. The van der Waals surface area contributed by atoms with Gasteiger partial charge in [-0.1, -0.05) is 25.7 Å². The molecule has 0 atom stereocenters. The summed E-state index contributed by atoms with van der Waals surface area (Å²) in [6, 6.07) is 2.34. The lowest BCUT2D eigenvalue weighted by Gasteiger charge is -2.26. The van der Waals surface area contributed by atoms with E-state index < -0.39 is 5.54 Å². The van der Waals surface area contributed by atoms with Crippen molar-refractivity contribution in [2.45, 2.75) is 57.9 Å². The molecule has 7 heteroatoms. The molecule has 0 spiro atoms. The van der Waals surface area contributed by atoms with Gasteiger partial charge < -0.3 is 11.1 Å². The number of carbonyl (C=O) groups excluding carboxylic acids is 1. The average molecular weight is 343 g/mol. The quantitative estimate of drug-likeness (QED) is 0.815. The van der Waals surface area contributed by atoms with E-state index in [2.05, 4.69) is 21.4 Å². The second-order valence-electron chi connectivity index (χ2n) is 6.44. The number of aromatic nitrogens is 2. The van der Waals surface area contributed by atoms with E-state index in [1.54, 1.807) is 0 Å². The molecule has 0 saturated heterocycles. The van der Waals surface area contributed by atoms with E-state index >= 15 is 0 Å². The van der Waals surface area contributed by atoms with Crippen LogP contribution in [0.15, 0.2) is 0 Å². The first-order chi connectivity index (χ1) is 11.5. The van der Waals surface area contributed by atoms with E-state index in [0.717, 1.165) is 41.6 Å². The molecule has 0 aliphatic heterocycles. The van der Waals surface area contributed by atoms with E-state index in [4.69, 9.17) is 5.73 Å². The van der Waals surface area contributed by atoms with Gasteiger partial charge in [-0.15, -0.1) is 11.3 Å². The van der Waals surface area contributed by atoms with Crippen molar-refractivity contribution < 1.29 is 4.79 Å². The van der Waals surface area contributed by atoms with E-state index in [1.807, 2.05) is 13.8 Å². The van der Waals surface area contributed by atoms with Crippen molar-refractivity contribution >= 4 is 33.1 Å².